The molecule has 5 nitrogen and oxygen atoms in total. The van der Waals surface area contributed by atoms with Crippen LogP contribution in [0.1, 0.15) is 30.8 Å². The molecule has 0 saturated carbocycles. The summed E-state index contributed by atoms with van der Waals surface area (Å²) in [6.45, 7) is 4.90. The SMILES string of the molecule is Cc1ccc(C=CC(=O)N2CCC(OC3CCOC3)CC2)o1. The molecule has 0 bridgehead atoms. The minimum Gasteiger partial charge on any atom is -0.462 e. The van der Waals surface area contributed by atoms with Gasteiger partial charge < -0.3 is 18.8 Å². The zero-order valence-corrected chi connectivity index (χ0v) is 13.0. The van der Waals surface area contributed by atoms with Gasteiger partial charge in [0.2, 0.25) is 5.91 Å². The summed E-state index contributed by atoms with van der Waals surface area (Å²) in [7, 11) is 0. The lowest BCUT2D eigenvalue weighted by Crippen LogP contribution is -2.41. The van der Waals surface area contributed by atoms with Crippen molar-refractivity contribution in [2.24, 2.45) is 0 Å². The van der Waals surface area contributed by atoms with Gasteiger partial charge in [-0.2, -0.15) is 0 Å². The van der Waals surface area contributed by atoms with Crippen LogP contribution in [0.15, 0.2) is 22.6 Å². The Balaban J connectivity index is 1.44. The second-order valence-electron chi connectivity index (χ2n) is 5.93. The largest absolute Gasteiger partial charge is 0.462 e. The maximum absolute atomic E-state index is 12.2. The predicted molar refractivity (Wildman–Crippen MR) is 82.4 cm³/mol. The Labute approximate surface area is 130 Å². The molecular formula is C17H23NO4. The average Bonchev–Trinajstić information content (AvgIpc) is 3.17. The van der Waals surface area contributed by atoms with Gasteiger partial charge in [-0.05, 0) is 44.4 Å². The van der Waals surface area contributed by atoms with Crippen molar-refractivity contribution in [2.75, 3.05) is 26.3 Å². The highest BCUT2D eigenvalue weighted by molar-refractivity contribution is 5.91. The molecule has 120 valence electrons. The normalized spacial score (nSPS) is 23.5. The van der Waals surface area contributed by atoms with E-state index < -0.39 is 0 Å². The van der Waals surface area contributed by atoms with E-state index in [1.165, 1.54) is 0 Å². The van der Waals surface area contributed by atoms with E-state index in [1.54, 1.807) is 12.2 Å². The maximum Gasteiger partial charge on any atom is 0.246 e. The number of piperidine rings is 1. The van der Waals surface area contributed by atoms with E-state index >= 15 is 0 Å². The maximum atomic E-state index is 12.2. The topological polar surface area (TPSA) is 51.9 Å². The molecule has 2 aliphatic rings. The number of hydrogen-bond acceptors (Lipinski definition) is 4. The number of furan rings is 1. The van der Waals surface area contributed by atoms with Crippen molar-refractivity contribution in [3.63, 3.8) is 0 Å². The first-order valence-electron chi connectivity index (χ1n) is 7.97. The predicted octanol–water partition coefficient (Wildman–Crippen LogP) is 2.40. The minimum absolute atomic E-state index is 0.0386. The van der Waals surface area contributed by atoms with Gasteiger partial charge in [0.05, 0.1) is 18.8 Å². The highest BCUT2D eigenvalue weighted by Gasteiger charge is 2.26. The van der Waals surface area contributed by atoms with Crippen LogP contribution in [0.5, 0.6) is 0 Å². The summed E-state index contributed by atoms with van der Waals surface area (Å²) in [5, 5.41) is 0. The van der Waals surface area contributed by atoms with Gasteiger partial charge in [-0.15, -0.1) is 0 Å². The van der Waals surface area contributed by atoms with Crippen LogP contribution >= 0.6 is 0 Å². The Morgan fingerprint density at radius 3 is 2.73 bits per heavy atom. The fourth-order valence-corrected chi connectivity index (χ4v) is 2.91. The van der Waals surface area contributed by atoms with Gasteiger partial charge in [-0.3, -0.25) is 4.79 Å². The molecule has 0 aliphatic carbocycles. The third kappa shape index (κ3) is 3.99. The summed E-state index contributed by atoms with van der Waals surface area (Å²) in [5.74, 6) is 1.60. The van der Waals surface area contributed by atoms with E-state index in [-0.39, 0.29) is 18.1 Å². The quantitative estimate of drug-likeness (QED) is 0.802. The molecule has 3 heterocycles. The van der Waals surface area contributed by atoms with Crippen molar-refractivity contribution < 1.29 is 18.7 Å². The van der Waals surface area contributed by atoms with Gasteiger partial charge in [0.25, 0.3) is 0 Å². The monoisotopic (exact) mass is 305 g/mol. The van der Waals surface area contributed by atoms with E-state index in [4.69, 9.17) is 13.9 Å². The molecule has 2 saturated heterocycles. The molecule has 0 radical (unpaired) electrons. The number of likely N-dealkylation sites (tertiary alicyclic amines) is 1. The molecule has 2 fully saturated rings. The second kappa shape index (κ2) is 7.11. The fourth-order valence-electron chi connectivity index (χ4n) is 2.91. The molecule has 0 N–H and O–H groups in total. The minimum atomic E-state index is 0.0386. The average molecular weight is 305 g/mol. The highest BCUT2D eigenvalue weighted by Crippen LogP contribution is 2.19. The standard InChI is InChI=1S/C17H23NO4/c1-13-2-3-14(21-13)4-5-17(19)18-9-6-15(7-10-18)22-16-8-11-20-12-16/h2-5,15-16H,6-12H2,1H3. The number of carbonyl (C=O) groups is 1. The smallest absolute Gasteiger partial charge is 0.246 e. The molecule has 2 aliphatic heterocycles. The summed E-state index contributed by atoms with van der Waals surface area (Å²) in [5.41, 5.74) is 0. The van der Waals surface area contributed by atoms with E-state index in [2.05, 4.69) is 0 Å². The summed E-state index contributed by atoms with van der Waals surface area (Å²) < 4.78 is 16.8. The third-order valence-corrected chi connectivity index (χ3v) is 4.18. The molecule has 3 rings (SSSR count). The van der Waals surface area contributed by atoms with E-state index in [1.807, 2.05) is 24.0 Å². The molecule has 1 atom stereocenters. The van der Waals surface area contributed by atoms with Crippen molar-refractivity contribution in [3.05, 3.63) is 29.7 Å². The molecule has 1 unspecified atom stereocenters. The summed E-state index contributed by atoms with van der Waals surface area (Å²) >= 11 is 0. The van der Waals surface area contributed by atoms with E-state index in [9.17, 15) is 4.79 Å². The molecule has 1 aromatic rings. The van der Waals surface area contributed by atoms with Crippen LogP contribution in [0.4, 0.5) is 0 Å². The summed E-state index contributed by atoms with van der Waals surface area (Å²) in [6.07, 6.45) is 6.61. The Morgan fingerprint density at radius 2 is 2.09 bits per heavy atom. The van der Waals surface area contributed by atoms with Gasteiger partial charge in [0.15, 0.2) is 0 Å². The zero-order chi connectivity index (χ0) is 15.4. The summed E-state index contributed by atoms with van der Waals surface area (Å²) in [4.78, 5) is 14.0. The third-order valence-electron chi connectivity index (χ3n) is 4.18. The van der Waals surface area contributed by atoms with Crippen LogP contribution in [-0.2, 0) is 14.3 Å². The lowest BCUT2D eigenvalue weighted by Gasteiger charge is -2.32. The fraction of sp³-hybridized carbons (Fsp3) is 0.588. The van der Waals surface area contributed by atoms with Crippen molar-refractivity contribution in [3.8, 4) is 0 Å². The molecule has 0 spiro atoms. The first-order chi connectivity index (χ1) is 10.7. The number of nitrogens with zero attached hydrogens (tertiary/aromatic N) is 1. The number of aryl methyl sites for hydroxylation is 1. The van der Waals surface area contributed by atoms with Crippen LogP contribution in [0.2, 0.25) is 0 Å². The molecular weight excluding hydrogens is 282 g/mol. The lowest BCUT2D eigenvalue weighted by molar-refractivity contribution is -0.129. The Bertz CT molecular complexity index is 523. The molecule has 1 amide bonds. The number of hydrogen-bond donors (Lipinski definition) is 0. The number of rotatable bonds is 4. The van der Waals surface area contributed by atoms with Crippen LogP contribution in [0, 0.1) is 6.92 Å². The zero-order valence-electron chi connectivity index (χ0n) is 13.0. The molecule has 1 aromatic heterocycles. The lowest BCUT2D eigenvalue weighted by atomic mass is 10.1. The van der Waals surface area contributed by atoms with Crippen LogP contribution in [-0.4, -0.2) is 49.3 Å². The van der Waals surface area contributed by atoms with Gasteiger partial charge in [-0.25, -0.2) is 0 Å². The second-order valence-corrected chi connectivity index (χ2v) is 5.93. The Hall–Kier alpha value is -1.59. The van der Waals surface area contributed by atoms with Gasteiger partial charge in [-0.1, -0.05) is 0 Å². The molecule has 22 heavy (non-hydrogen) atoms. The Morgan fingerprint density at radius 1 is 1.27 bits per heavy atom. The van der Waals surface area contributed by atoms with Crippen molar-refractivity contribution in [1.82, 2.24) is 4.90 Å². The highest BCUT2D eigenvalue weighted by atomic mass is 16.5. The van der Waals surface area contributed by atoms with Crippen LogP contribution < -0.4 is 0 Å². The van der Waals surface area contributed by atoms with Gasteiger partial charge >= 0.3 is 0 Å². The van der Waals surface area contributed by atoms with Crippen LogP contribution in [0.3, 0.4) is 0 Å². The van der Waals surface area contributed by atoms with Gasteiger partial charge in [0, 0.05) is 25.8 Å². The van der Waals surface area contributed by atoms with E-state index in [0.717, 1.165) is 44.7 Å². The number of ether oxygens (including phenoxy) is 2. The first kappa shape index (κ1) is 15.3. The number of amides is 1. The Kier molecular flexibility index (Phi) is 4.95. The summed E-state index contributed by atoms with van der Waals surface area (Å²) in [6, 6.07) is 3.75. The van der Waals surface area contributed by atoms with Crippen molar-refractivity contribution >= 4 is 12.0 Å². The van der Waals surface area contributed by atoms with Crippen molar-refractivity contribution in [2.45, 2.75) is 38.4 Å². The van der Waals surface area contributed by atoms with Crippen molar-refractivity contribution in [1.29, 1.82) is 0 Å². The van der Waals surface area contributed by atoms with Crippen LogP contribution in [0.25, 0.3) is 6.08 Å². The first-order valence-corrected chi connectivity index (χ1v) is 7.97. The molecule has 0 aromatic carbocycles. The number of carbonyl (C=O) groups excluding carboxylic acids is 1. The van der Waals surface area contributed by atoms with E-state index in [0.29, 0.717) is 12.4 Å². The van der Waals surface area contributed by atoms with Gasteiger partial charge in [0.1, 0.15) is 11.5 Å². The molecule has 5 heteroatoms.